The lowest BCUT2D eigenvalue weighted by molar-refractivity contribution is 0.0947. The Balaban J connectivity index is 2.21. The molecule has 0 saturated heterocycles. The molecule has 0 unspecified atom stereocenters. The SMILES string of the molecule is O=P(O)(O)OC1CCC(NCCO)CC1. The summed E-state index contributed by atoms with van der Waals surface area (Å²) in [5, 5.41) is 11.8. The molecule has 0 aromatic carbocycles. The summed E-state index contributed by atoms with van der Waals surface area (Å²) in [7, 11) is -4.34. The minimum absolute atomic E-state index is 0.110. The van der Waals surface area contributed by atoms with Crippen molar-refractivity contribution in [3.8, 4) is 0 Å². The van der Waals surface area contributed by atoms with Gasteiger partial charge in [-0.25, -0.2) is 4.57 Å². The predicted octanol–water partition coefficient (Wildman–Crippen LogP) is -0.0112. The standard InChI is InChI=1S/C8H18NO5P/c10-6-5-9-7-1-3-8(4-2-7)14-15(11,12)13/h7-10H,1-6H2,(H2,11,12,13). The fourth-order valence-electron chi connectivity index (χ4n) is 1.84. The van der Waals surface area contributed by atoms with Gasteiger partial charge in [-0.1, -0.05) is 0 Å². The Morgan fingerprint density at radius 3 is 2.33 bits per heavy atom. The fraction of sp³-hybridized carbons (Fsp3) is 1.00. The number of rotatable bonds is 5. The monoisotopic (exact) mass is 239 g/mol. The number of nitrogens with one attached hydrogen (secondary N) is 1. The van der Waals surface area contributed by atoms with Crippen LogP contribution in [-0.4, -0.2) is 40.2 Å². The lowest BCUT2D eigenvalue weighted by Crippen LogP contribution is -2.36. The normalized spacial score (nSPS) is 27.9. The Kier molecular flexibility index (Phi) is 5.18. The Hall–Kier alpha value is 0.0300. The second kappa shape index (κ2) is 5.94. The van der Waals surface area contributed by atoms with E-state index in [0.717, 1.165) is 12.8 Å². The molecule has 0 spiro atoms. The molecule has 0 aliphatic heterocycles. The van der Waals surface area contributed by atoms with Crippen molar-refractivity contribution >= 4 is 7.82 Å². The van der Waals surface area contributed by atoms with Crippen molar-refractivity contribution in [1.29, 1.82) is 0 Å². The maximum Gasteiger partial charge on any atom is 0.469 e. The summed E-state index contributed by atoms with van der Waals surface area (Å²) in [5.74, 6) is 0. The van der Waals surface area contributed by atoms with E-state index in [9.17, 15) is 4.57 Å². The summed E-state index contributed by atoms with van der Waals surface area (Å²) in [6.45, 7) is 0.674. The van der Waals surface area contributed by atoms with Gasteiger partial charge < -0.3 is 20.2 Å². The molecule has 1 rings (SSSR count). The molecule has 0 aromatic heterocycles. The van der Waals surface area contributed by atoms with Crippen LogP contribution in [0.4, 0.5) is 0 Å². The van der Waals surface area contributed by atoms with Gasteiger partial charge in [0.2, 0.25) is 0 Å². The molecule has 0 bridgehead atoms. The molecule has 0 atom stereocenters. The number of phosphoric ester groups is 1. The van der Waals surface area contributed by atoms with Crippen molar-refractivity contribution in [3.05, 3.63) is 0 Å². The highest BCUT2D eigenvalue weighted by molar-refractivity contribution is 7.46. The van der Waals surface area contributed by atoms with Gasteiger partial charge in [-0.15, -0.1) is 0 Å². The molecule has 0 heterocycles. The van der Waals surface area contributed by atoms with Gasteiger partial charge in [-0.2, -0.15) is 0 Å². The first kappa shape index (κ1) is 13.1. The molecule has 90 valence electrons. The summed E-state index contributed by atoms with van der Waals surface area (Å²) >= 11 is 0. The number of aliphatic hydroxyl groups is 1. The van der Waals surface area contributed by atoms with Crippen LogP contribution >= 0.6 is 7.82 Å². The Morgan fingerprint density at radius 1 is 1.27 bits per heavy atom. The molecule has 15 heavy (non-hydrogen) atoms. The van der Waals surface area contributed by atoms with E-state index in [1.165, 1.54) is 0 Å². The van der Waals surface area contributed by atoms with Crippen molar-refractivity contribution < 1.29 is 24.0 Å². The minimum Gasteiger partial charge on any atom is -0.395 e. The quantitative estimate of drug-likeness (QED) is 0.503. The molecule has 1 fully saturated rings. The van der Waals surface area contributed by atoms with Crippen LogP contribution < -0.4 is 5.32 Å². The van der Waals surface area contributed by atoms with Gasteiger partial charge in [0.05, 0.1) is 12.7 Å². The molecule has 0 aromatic rings. The lowest BCUT2D eigenvalue weighted by Gasteiger charge is -2.28. The molecule has 1 aliphatic rings. The van der Waals surface area contributed by atoms with Crippen LogP contribution in [0.2, 0.25) is 0 Å². The lowest BCUT2D eigenvalue weighted by atomic mass is 9.93. The van der Waals surface area contributed by atoms with Crippen molar-refractivity contribution in [2.24, 2.45) is 0 Å². The maximum absolute atomic E-state index is 10.6. The van der Waals surface area contributed by atoms with E-state index in [-0.39, 0.29) is 12.7 Å². The predicted molar refractivity (Wildman–Crippen MR) is 54.3 cm³/mol. The largest absolute Gasteiger partial charge is 0.469 e. The molecule has 0 amide bonds. The highest BCUT2D eigenvalue weighted by Gasteiger charge is 2.27. The third-order valence-electron chi connectivity index (χ3n) is 2.51. The topological polar surface area (TPSA) is 99.0 Å². The maximum atomic E-state index is 10.6. The fourth-order valence-corrected chi connectivity index (χ4v) is 2.43. The molecule has 1 aliphatic carbocycles. The molecule has 1 saturated carbocycles. The van der Waals surface area contributed by atoms with Crippen molar-refractivity contribution in [2.45, 2.75) is 37.8 Å². The molecular weight excluding hydrogens is 221 g/mol. The van der Waals surface area contributed by atoms with E-state index in [2.05, 4.69) is 9.84 Å². The number of aliphatic hydroxyl groups excluding tert-OH is 1. The van der Waals surface area contributed by atoms with Crippen molar-refractivity contribution in [3.63, 3.8) is 0 Å². The van der Waals surface area contributed by atoms with E-state index in [0.29, 0.717) is 25.4 Å². The highest BCUT2D eigenvalue weighted by atomic mass is 31.2. The number of hydrogen-bond acceptors (Lipinski definition) is 4. The second-order valence-corrected chi connectivity index (χ2v) is 4.94. The van der Waals surface area contributed by atoms with E-state index in [1.54, 1.807) is 0 Å². The van der Waals surface area contributed by atoms with Crippen LogP contribution in [0.5, 0.6) is 0 Å². The smallest absolute Gasteiger partial charge is 0.395 e. The second-order valence-electron chi connectivity index (χ2n) is 3.75. The average molecular weight is 239 g/mol. The summed E-state index contributed by atoms with van der Waals surface area (Å²) < 4.78 is 15.2. The molecule has 4 N–H and O–H groups in total. The van der Waals surface area contributed by atoms with E-state index in [1.807, 2.05) is 0 Å². The van der Waals surface area contributed by atoms with Gasteiger partial charge in [0, 0.05) is 12.6 Å². The van der Waals surface area contributed by atoms with Gasteiger partial charge in [0.15, 0.2) is 0 Å². The third kappa shape index (κ3) is 5.61. The van der Waals surface area contributed by atoms with E-state index in [4.69, 9.17) is 14.9 Å². The minimum atomic E-state index is -4.34. The first-order chi connectivity index (χ1) is 7.01. The third-order valence-corrected chi connectivity index (χ3v) is 3.08. The zero-order valence-corrected chi connectivity index (χ0v) is 9.40. The molecule has 0 radical (unpaired) electrons. The van der Waals surface area contributed by atoms with Gasteiger partial charge in [-0.3, -0.25) is 4.52 Å². The van der Waals surface area contributed by atoms with Crippen molar-refractivity contribution in [1.82, 2.24) is 5.32 Å². The molecule has 7 heteroatoms. The first-order valence-electron chi connectivity index (χ1n) is 5.09. The van der Waals surface area contributed by atoms with Crippen LogP contribution in [0, 0.1) is 0 Å². The van der Waals surface area contributed by atoms with Gasteiger partial charge in [0.1, 0.15) is 0 Å². The van der Waals surface area contributed by atoms with Gasteiger partial charge in [0.25, 0.3) is 0 Å². The molecule has 6 nitrogen and oxygen atoms in total. The van der Waals surface area contributed by atoms with Crippen LogP contribution in [0.25, 0.3) is 0 Å². The van der Waals surface area contributed by atoms with Crippen LogP contribution in [0.3, 0.4) is 0 Å². The highest BCUT2D eigenvalue weighted by Crippen LogP contribution is 2.40. The first-order valence-corrected chi connectivity index (χ1v) is 6.62. The van der Waals surface area contributed by atoms with E-state index >= 15 is 0 Å². The number of hydrogen-bond donors (Lipinski definition) is 4. The summed E-state index contributed by atoms with van der Waals surface area (Å²) in [6.07, 6.45) is 2.61. The Morgan fingerprint density at radius 2 is 1.87 bits per heavy atom. The van der Waals surface area contributed by atoms with Crippen LogP contribution in [0.1, 0.15) is 25.7 Å². The Labute approximate surface area is 88.9 Å². The van der Waals surface area contributed by atoms with Gasteiger partial charge in [-0.05, 0) is 25.7 Å². The van der Waals surface area contributed by atoms with Crippen molar-refractivity contribution in [2.75, 3.05) is 13.2 Å². The van der Waals surface area contributed by atoms with Crippen LogP contribution in [0.15, 0.2) is 0 Å². The zero-order chi connectivity index (χ0) is 11.3. The van der Waals surface area contributed by atoms with Crippen LogP contribution in [-0.2, 0) is 9.09 Å². The average Bonchev–Trinajstić information content (AvgIpc) is 2.14. The summed E-state index contributed by atoms with van der Waals surface area (Å²) in [6, 6.07) is 0.328. The van der Waals surface area contributed by atoms with E-state index < -0.39 is 7.82 Å². The molecular formula is C8H18NO5P. The number of phosphoric acid groups is 1. The summed E-state index contributed by atoms with van der Waals surface area (Å²) in [5.41, 5.74) is 0. The zero-order valence-electron chi connectivity index (χ0n) is 8.50. The van der Waals surface area contributed by atoms with Gasteiger partial charge >= 0.3 is 7.82 Å². The summed E-state index contributed by atoms with van der Waals surface area (Å²) in [4.78, 5) is 17.2. The Bertz CT molecular complexity index is 223.